The zero-order valence-corrected chi connectivity index (χ0v) is 15.3. The van der Waals surface area contributed by atoms with E-state index in [2.05, 4.69) is 10.0 Å². The Hall–Kier alpha value is -3.65. The van der Waals surface area contributed by atoms with E-state index in [1.165, 1.54) is 48.5 Å². The number of carbonyl (C=O) groups excluding carboxylic acids is 1. The minimum atomic E-state index is -3.85. The fourth-order valence-electron chi connectivity index (χ4n) is 2.42. The van der Waals surface area contributed by atoms with Crippen LogP contribution >= 0.6 is 0 Å². The van der Waals surface area contributed by atoms with E-state index in [-0.39, 0.29) is 16.0 Å². The summed E-state index contributed by atoms with van der Waals surface area (Å²) >= 11 is 0. The second-order valence-corrected chi connectivity index (χ2v) is 7.52. The molecule has 1 amide bonds. The molecule has 0 saturated heterocycles. The second kappa shape index (κ2) is 7.93. The van der Waals surface area contributed by atoms with Crippen molar-refractivity contribution in [1.82, 2.24) is 0 Å². The number of carboxylic acid groups (broad SMARTS) is 1. The Morgan fingerprint density at radius 2 is 1.43 bits per heavy atom. The topological polar surface area (TPSA) is 113 Å². The smallest absolute Gasteiger partial charge is 0.335 e. The first-order valence-electron chi connectivity index (χ1n) is 8.18. The number of nitrogens with one attached hydrogen (secondary N) is 2. The number of aromatic carboxylic acids is 1. The molecular weight excluding hydrogens is 380 g/mol. The predicted molar refractivity (Wildman–Crippen MR) is 105 cm³/mol. The monoisotopic (exact) mass is 396 g/mol. The highest BCUT2D eigenvalue weighted by Crippen LogP contribution is 2.18. The Morgan fingerprint density at radius 3 is 2.07 bits per heavy atom. The van der Waals surface area contributed by atoms with Gasteiger partial charge in [-0.2, -0.15) is 0 Å². The van der Waals surface area contributed by atoms with E-state index in [1.54, 1.807) is 30.3 Å². The highest BCUT2D eigenvalue weighted by molar-refractivity contribution is 7.92. The van der Waals surface area contributed by atoms with Gasteiger partial charge in [0.25, 0.3) is 15.9 Å². The summed E-state index contributed by atoms with van der Waals surface area (Å²) < 4.78 is 27.5. The van der Waals surface area contributed by atoms with Gasteiger partial charge in [0.2, 0.25) is 0 Å². The maximum Gasteiger partial charge on any atom is 0.335 e. The molecule has 0 radical (unpaired) electrons. The van der Waals surface area contributed by atoms with Gasteiger partial charge in [-0.15, -0.1) is 0 Å². The summed E-state index contributed by atoms with van der Waals surface area (Å²) in [5.74, 6) is -1.58. The van der Waals surface area contributed by atoms with Gasteiger partial charge in [0.05, 0.1) is 10.5 Å². The largest absolute Gasteiger partial charge is 0.478 e. The predicted octanol–water partition coefficient (Wildman–Crippen LogP) is 3.44. The maximum atomic E-state index is 12.5. The summed E-state index contributed by atoms with van der Waals surface area (Å²) in [6.45, 7) is 0. The van der Waals surface area contributed by atoms with Crippen molar-refractivity contribution in [2.45, 2.75) is 4.90 Å². The number of hydrogen-bond acceptors (Lipinski definition) is 4. The van der Waals surface area contributed by atoms with Crippen molar-refractivity contribution in [3.8, 4) is 0 Å². The third kappa shape index (κ3) is 4.54. The number of anilines is 2. The molecule has 0 aliphatic heterocycles. The van der Waals surface area contributed by atoms with Gasteiger partial charge in [0.15, 0.2) is 0 Å². The Kier molecular flexibility index (Phi) is 5.42. The molecule has 0 aliphatic rings. The van der Waals surface area contributed by atoms with E-state index < -0.39 is 21.9 Å². The Bertz CT molecular complexity index is 1110. The summed E-state index contributed by atoms with van der Waals surface area (Å²) in [4.78, 5) is 23.2. The lowest BCUT2D eigenvalue weighted by Crippen LogP contribution is -2.16. The normalized spacial score (nSPS) is 10.9. The lowest BCUT2D eigenvalue weighted by Gasteiger charge is -2.10. The zero-order valence-electron chi connectivity index (χ0n) is 14.5. The van der Waals surface area contributed by atoms with E-state index in [1.807, 2.05) is 0 Å². The molecule has 0 spiro atoms. The van der Waals surface area contributed by atoms with Crippen LogP contribution < -0.4 is 10.0 Å². The lowest BCUT2D eigenvalue weighted by molar-refractivity contribution is 0.0696. The van der Waals surface area contributed by atoms with Gasteiger partial charge in [0.1, 0.15) is 0 Å². The minimum Gasteiger partial charge on any atom is -0.478 e. The van der Waals surface area contributed by atoms with Crippen LogP contribution in [-0.2, 0) is 10.0 Å². The first-order chi connectivity index (χ1) is 13.3. The van der Waals surface area contributed by atoms with Crippen molar-refractivity contribution in [3.05, 3.63) is 90.0 Å². The second-order valence-electron chi connectivity index (χ2n) is 5.84. The first-order valence-corrected chi connectivity index (χ1v) is 9.66. The zero-order chi connectivity index (χ0) is 20.1. The van der Waals surface area contributed by atoms with E-state index in [0.29, 0.717) is 11.4 Å². The molecule has 3 N–H and O–H groups in total. The Morgan fingerprint density at radius 1 is 0.750 bits per heavy atom. The first kappa shape index (κ1) is 19.1. The average molecular weight is 396 g/mol. The molecule has 142 valence electrons. The molecule has 8 heteroatoms. The molecule has 0 aliphatic carbocycles. The van der Waals surface area contributed by atoms with Gasteiger partial charge < -0.3 is 10.4 Å². The number of benzene rings is 3. The van der Waals surface area contributed by atoms with E-state index in [9.17, 15) is 18.0 Å². The van der Waals surface area contributed by atoms with Gasteiger partial charge in [-0.3, -0.25) is 9.52 Å². The minimum absolute atomic E-state index is 0.0507. The summed E-state index contributed by atoms with van der Waals surface area (Å²) in [7, 11) is -3.85. The van der Waals surface area contributed by atoms with Crippen molar-refractivity contribution in [1.29, 1.82) is 0 Å². The number of hydrogen-bond donors (Lipinski definition) is 3. The summed E-state index contributed by atoms with van der Waals surface area (Å²) in [6.07, 6.45) is 0. The van der Waals surface area contributed by atoms with Gasteiger partial charge in [-0.25, -0.2) is 13.2 Å². The molecule has 0 saturated carbocycles. The number of amides is 1. The van der Waals surface area contributed by atoms with Crippen LogP contribution in [0.4, 0.5) is 11.4 Å². The number of rotatable bonds is 6. The molecule has 3 aromatic carbocycles. The van der Waals surface area contributed by atoms with Crippen molar-refractivity contribution < 1.29 is 23.1 Å². The summed E-state index contributed by atoms with van der Waals surface area (Å²) in [5.41, 5.74) is 1.05. The SMILES string of the molecule is O=C(O)c1ccc(NC(=O)c2cccc(S(=O)(=O)Nc3ccccc3)c2)cc1. The van der Waals surface area contributed by atoms with Gasteiger partial charge in [-0.1, -0.05) is 24.3 Å². The molecule has 0 atom stereocenters. The van der Waals surface area contributed by atoms with Crippen LogP contribution in [0.1, 0.15) is 20.7 Å². The van der Waals surface area contributed by atoms with Gasteiger partial charge in [-0.05, 0) is 54.6 Å². The third-order valence-corrected chi connectivity index (χ3v) is 5.20. The molecular formula is C20H16N2O5S. The Labute approximate surface area is 161 Å². The number of carboxylic acids is 1. The maximum absolute atomic E-state index is 12.5. The van der Waals surface area contributed by atoms with Crippen molar-refractivity contribution >= 4 is 33.3 Å². The molecule has 0 fully saturated rings. The van der Waals surface area contributed by atoms with E-state index in [0.717, 1.165) is 0 Å². The molecule has 0 bridgehead atoms. The van der Waals surface area contributed by atoms with Crippen molar-refractivity contribution in [2.24, 2.45) is 0 Å². The summed E-state index contributed by atoms with van der Waals surface area (Å²) in [5, 5.41) is 11.5. The number of para-hydroxylation sites is 1. The van der Waals surface area contributed by atoms with E-state index >= 15 is 0 Å². The highest BCUT2D eigenvalue weighted by Gasteiger charge is 2.16. The summed E-state index contributed by atoms with van der Waals surface area (Å²) in [6, 6.07) is 19.7. The van der Waals surface area contributed by atoms with Crippen LogP contribution in [0.2, 0.25) is 0 Å². The van der Waals surface area contributed by atoms with Crippen LogP contribution in [0, 0.1) is 0 Å². The third-order valence-electron chi connectivity index (χ3n) is 3.82. The van der Waals surface area contributed by atoms with Gasteiger partial charge in [0, 0.05) is 16.9 Å². The fraction of sp³-hybridized carbons (Fsp3) is 0. The molecule has 28 heavy (non-hydrogen) atoms. The molecule has 0 aromatic heterocycles. The van der Waals surface area contributed by atoms with Crippen LogP contribution in [0.3, 0.4) is 0 Å². The molecule has 0 unspecified atom stereocenters. The number of carbonyl (C=O) groups is 2. The fourth-order valence-corrected chi connectivity index (χ4v) is 3.53. The molecule has 3 aromatic rings. The lowest BCUT2D eigenvalue weighted by atomic mass is 10.2. The Balaban J connectivity index is 1.78. The quantitative estimate of drug-likeness (QED) is 0.591. The average Bonchev–Trinajstić information content (AvgIpc) is 2.69. The van der Waals surface area contributed by atoms with Gasteiger partial charge >= 0.3 is 5.97 Å². The standard InChI is InChI=1S/C20H16N2O5S/c23-19(21-16-11-9-14(10-12-16)20(24)25)15-5-4-8-18(13-15)28(26,27)22-17-6-2-1-3-7-17/h1-13,22H,(H,21,23)(H,24,25). The van der Waals surface area contributed by atoms with Crippen LogP contribution in [0.5, 0.6) is 0 Å². The van der Waals surface area contributed by atoms with Crippen LogP contribution in [0.25, 0.3) is 0 Å². The van der Waals surface area contributed by atoms with Crippen molar-refractivity contribution in [2.75, 3.05) is 10.0 Å². The molecule has 0 heterocycles. The van der Waals surface area contributed by atoms with E-state index in [4.69, 9.17) is 5.11 Å². The highest BCUT2D eigenvalue weighted by atomic mass is 32.2. The van der Waals surface area contributed by atoms with Crippen LogP contribution in [0.15, 0.2) is 83.8 Å². The number of sulfonamides is 1. The molecule has 3 rings (SSSR count). The molecule has 7 nitrogen and oxygen atoms in total. The van der Waals surface area contributed by atoms with Crippen molar-refractivity contribution in [3.63, 3.8) is 0 Å². The van der Waals surface area contributed by atoms with Crippen LogP contribution in [-0.4, -0.2) is 25.4 Å².